The summed E-state index contributed by atoms with van der Waals surface area (Å²) in [5.74, 6) is 1.71. The number of benzene rings is 1. The van der Waals surface area contributed by atoms with Crippen molar-refractivity contribution in [3.63, 3.8) is 0 Å². The standard InChI is InChI=1S/C22H29N5S/c1-22(2,3)27-21(23-24-25-27)20(19-10-7-15-28-19)26-13-11-18(12-14-26)16-17-8-5-4-6-9-17/h4-10,15,18,20H,11-14,16H2,1-3H3. The molecule has 0 radical (unpaired) electrons. The van der Waals surface area contributed by atoms with Gasteiger partial charge in [0.15, 0.2) is 5.82 Å². The molecule has 1 aliphatic heterocycles. The van der Waals surface area contributed by atoms with Crippen LogP contribution in [0.3, 0.4) is 0 Å². The molecule has 1 saturated heterocycles. The Hall–Kier alpha value is -2.05. The summed E-state index contributed by atoms with van der Waals surface area (Å²) in [4.78, 5) is 3.89. The van der Waals surface area contributed by atoms with E-state index in [9.17, 15) is 0 Å². The number of aromatic nitrogens is 4. The summed E-state index contributed by atoms with van der Waals surface area (Å²) in [6, 6.07) is 15.3. The summed E-state index contributed by atoms with van der Waals surface area (Å²) < 4.78 is 1.99. The van der Waals surface area contributed by atoms with E-state index in [2.05, 4.69) is 89.0 Å². The third-order valence-corrected chi connectivity index (χ3v) is 6.49. The molecule has 148 valence electrons. The van der Waals surface area contributed by atoms with E-state index in [4.69, 9.17) is 0 Å². The first kappa shape index (κ1) is 19.3. The monoisotopic (exact) mass is 395 g/mol. The first-order valence-electron chi connectivity index (χ1n) is 10.1. The van der Waals surface area contributed by atoms with E-state index in [-0.39, 0.29) is 11.6 Å². The number of thiophene rings is 1. The number of hydrogen-bond donors (Lipinski definition) is 0. The van der Waals surface area contributed by atoms with E-state index in [1.165, 1.54) is 29.7 Å². The highest BCUT2D eigenvalue weighted by Gasteiger charge is 2.34. The number of hydrogen-bond acceptors (Lipinski definition) is 5. The zero-order valence-corrected chi connectivity index (χ0v) is 17.8. The van der Waals surface area contributed by atoms with Crippen molar-refractivity contribution in [1.82, 2.24) is 25.1 Å². The third kappa shape index (κ3) is 4.18. The molecule has 0 amide bonds. The Balaban J connectivity index is 1.53. The average molecular weight is 396 g/mol. The minimum absolute atomic E-state index is 0.131. The van der Waals surface area contributed by atoms with E-state index in [1.807, 2.05) is 4.68 Å². The van der Waals surface area contributed by atoms with Gasteiger partial charge in [0.25, 0.3) is 0 Å². The lowest BCUT2D eigenvalue weighted by Crippen LogP contribution is -2.40. The van der Waals surface area contributed by atoms with Gasteiger partial charge in [0.05, 0.1) is 5.54 Å². The van der Waals surface area contributed by atoms with Crippen LogP contribution in [0.15, 0.2) is 47.8 Å². The normalized spacial score (nSPS) is 17.7. The maximum Gasteiger partial charge on any atom is 0.174 e. The predicted octanol–water partition coefficient (Wildman–Crippen LogP) is 4.53. The molecule has 3 heterocycles. The number of tetrazole rings is 1. The van der Waals surface area contributed by atoms with E-state index in [0.29, 0.717) is 0 Å². The van der Waals surface area contributed by atoms with Gasteiger partial charge >= 0.3 is 0 Å². The predicted molar refractivity (Wildman–Crippen MR) is 113 cm³/mol. The highest BCUT2D eigenvalue weighted by Crippen LogP contribution is 2.35. The van der Waals surface area contributed by atoms with Crippen molar-refractivity contribution in [3.05, 3.63) is 64.1 Å². The molecule has 1 unspecified atom stereocenters. The molecule has 1 fully saturated rings. The first-order valence-corrected chi connectivity index (χ1v) is 11.0. The van der Waals surface area contributed by atoms with Crippen LogP contribution >= 0.6 is 11.3 Å². The van der Waals surface area contributed by atoms with Crippen LogP contribution in [0.4, 0.5) is 0 Å². The Bertz CT molecular complexity index is 858. The van der Waals surface area contributed by atoms with Gasteiger partial charge in [0.1, 0.15) is 6.04 Å². The largest absolute Gasteiger partial charge is 0.289 e. The second-order valence-corrected chi connectivity index (χ2v) is 9.69. The second kappa shape index (κ2) is 8.13. The van der Waals surface area contributed by atoms with Gasteiger partial charge in [0.2, 0.25) is 0 Å². The van der Waals surface area contributed by atoms with Gasteiger partial charge in [-0.2, -0.15) is 0 Å². The van der Waals surface area contributed by atoms with Crippen LogP contribution in [0, 0.1) is 5.92 Å². The fraction of sp³-hybridized carbons (Fsp3) is 0.500. The minimum Gasteiger partial charge on any atom is -0.289 e. The van der Waals surface area contributed by atoms with Crippen molar-refractivity contribution in [3.8, 4) is 0 Å². The molecule has 2 aromatic heterocycles. The van der Waals surface area contributed by atoms with E-state index in [1.54, 1.807) is 11.3 Å². The fourth-order valence-corrected chi connectivity index (χ4v) is 4.98. The summed E-state index contributed by atoms with van der Waals surface area (Å²) in [6.07, 6.45) is 3.61. The molecule has 1 aromatic carbocycles. The smallest absolute Gasteiger partial charge is 0.174 e. The van der Waals surface area contributed by atoms with Crippen molar-refractivity contribution in [2.45, 2.75) is 51.6 Å². The summed E-state index contributed by atoms with van der Waals surface area (Å²) in [6.45, 7) is 8.63. The summed E-state index contributed by atoms with van der Waals surface area (Å²) >= 11 is 1.80. The zero-order chi connectivity index (χ0) is 19.6. The van der Waals surface area contributed by atoms with Crippen molar-refractivity contribution in [2.75, 3.05) is 13.1 Å². The Morgan fingerprint density at radius 2 is 1.82 bits per heavy atom. The highest BCUT2D eigenvalue weighted by atomic mass is 32.1. The Morgan fingerprint density at radius 1 is 1.07 bits per heavy atom. The van der Waals surface area contributed by atoms with Gasteiger partial charge < -0.3 is 0 Å². The van der Waals surface area contributed by atoms with Crippen LogP contribution in [-0.2, 0) is 12.0 Å². The number of rotatable bonds is 5. The van der Waals surface area contributed by atoms with Gasteiger partial charge in [-0.1, -0.05) is 36.4 Å². The zero-order valence-electron chi connectivity index (χ0n) is 17.0. The molecule has 0 spiro atoms. The molecule has 5 nitrogen and oxygen atoms in total. The van der Waals surface area contributed by atoms with Gasteiger partial charge in [0, 0.05) is 4.88 Å². The lowest BCUT2D eigenvalue weighted by atomic mass is 9.89. The van der Waals surface area contributed by atoms with Gasteiger partial charge in [-0.15, -0.1) is 16.4 Å². The summed E-state index contributed by atoms with van der Waals surface area (Å²) in [5.41, 5.74) is 1.31. The molecule has 0 bridgehead atoms. The SMILES string of the molecule is CC(C)(C)n1nnnc1C(c1cccs1)N1CCC(Cc2ccccc2)CC1. The van der Waals surface area contributed by atoms with Gasteiger partial charge in [-0.3, -0.25) is 4.90 Å². The van der Waals surface area contributed by atoms with Crippen LogP contribution in [0.5, 0.6) is 0 Å². The lowest BCUT2D eigenvalue weighted by molar-refractivity contribution is 0.141. The Kier molecular flexibility index (Phi) is 5.60. The van der Waals surface area contributed by atoms with Crippen LogP contribution in [-0.4, -0.2) is 38.2 Å². The fourth-order valence-electron chi connectivity index (χ4n) is 4.12. The average Bonchev–Trinajstić information content (AvgIpc) is 3.37. The van der Waals surface area contributed by atoms with Crippen LogP contribution < -0.4 is 0 Å². The van der Waals surface area contributed by atoms with Crippen molar-refractivity contribution >= 4 is 11.3 Å². The molecule has 0 N–H and O–H groups in total. The van der Waals surface area contributed by atoms with E-state index in [0.717, 1.165) is 24.8 Å². The minimum atomic E-state index is -0.139. The van der Waals surface area contributed by atoms with Crippen LogP contribution in [0.2, 0.25) is 0 Å². The van der Waals surface area contributed by atoms with E-state index >= 15 is 0 Å². The second-order valence-electron chi connectivity index (χ2n) is 8.71. The maximum atomic E-state index is 4.47. The van der Waals surface area contributed by atoms with Gasteiger partial charge in [-0.25, -0.2) is 4.68 Å². The first-order chi connectivity index (χ1) is 13.5. The summed E-state index contributed by atoms with van der Waals surface area (Å²) in [7, 11) is 0. The lowest BCUT2D eigenvalue weighted by Gasteiger charge is -2.37. The molecule has 0 aliphatic carbocycles. The molecule has 3 aromatic rings. The Morgan fingerprint density at radius 3 is 2.46 bits per heavy atom. The third-order valence-electron chi connectivity index (χ3n) is 5.57. The van der Waals surface area contributed by atoms with Crippen molar-refractivity contribution in [1.29, 1.82) is 0 Å². The van der Waals surface area contributed by atoms with Crippen molar-refractivity contribution in [2.24, 2.45) is 5.92 Å². The topological polar surface area (TPSA) is 46.8 Å². The van der Waals surface area contributed by atoms with Crippen LogP contribution in [0.25, 0.3) is 0 Å². The van der Waals surface area contributed by atoms with Crippen molar-refractivity contribution < 1.29 is 0 Å². The number of nitrogens with zero attached hydrogens (tertiary/aromatic N) is 5. The number of piperidine rings is 1. The quantitative estimate of drug-likeness (QED) is 0.637. The Labute approximate surface area is 171 Å². The summed E-state index contributed by atoms with van der Waals surface area (Å²) in [5, 5.41) is 15.0. The van der Waals surface area contributed by atoms with E-state index < -0.39 is 0 Å². The molecular weight excluding hydrogens is 366 g/mol. The molecular formula is C22H29N5S. The highest BCUT2D eigenvalue weighted by molar-refractivity contribution is 7.10. The molecule has 4 rings (SSSR count). The number of likely N-dealkylation sites (tertiary alicyclic amines) is 1. The molecule has 0 saturated carbocycles. The molecule has 28 heavy (non-hydrogen) atoms. The maximum absolute atomic E-state index is 4.47. The molecule has 1 atom stereocenters. The molecule has 1 aliphatic rings. The van der Waals surface area contributed by atoms with Crippen LogP contribution in [0.1, 0.15) is 55.9 Å². The molecule has 6 heteroatoms. The van der Waals surface area contributed by atoms with Gasteiger partial charge in [-0.05, 0) is 86.5 Å².